The van der Waals surface area contributed by atoms with Gasteiger partial charge in [-0.2, -0.15) is 23.3 Å². The van der Waals surface area contributed by atoms with E-state index in [-0.39, 0.29) is 44.0 Å². The van der Waals surface area contributed by atoms with Gasteiger partial charge in [0, 0.05) is 11.8 Å². The molecule has 194 valence electrons. The molecule has 0 fully saturated rings. The number of sulfone groups is 1. The van der Waals surface area contributed by atoms with Gasteiger partial charge in [-0.05, 0) is 46.5 Å². The van der Waals surface area contributed by atoms with Crippen LogP contribution in [0.1, 0.15) is 16.1 Å². The summed E-state index contributed by atoms with van der Waals surface area (Å²) in [5.41, 5.74) is -1.56. The fourth-order valence-corrected chi connectivity index (χ4v) is 4.74. The van der Waals surface area contributed by atoms with E-state index < -0.39 is 33.2 Å². The summed E-state index contributed by atoms with van der Waals surface area (Å²) in [4.78, 5) is 16.9. The summed E-state index contributed by atoms with van der Waals surface area (Å²) < 4.78 is 76.5. The Kier molecular flexibility index (Phi) is 7.48. The number of para-hydroxylation sites is 1. The number of benzene rings is 2. The van der Waals surface area contributed by atoms with E-state index in [1.165, 1.54) is 48.2 Å². The Morgan fingerprint density at radius 2 is 1.92 bits per heavy atom. The molecular weight excluding hydrogens is 601 g/mol. The summed E-state index contributed by atoms with van der Waals surface area (Å²) in [7, 11) is -3.53. The van der Waals surface area contributed by atoms with Crippen LogP contribution >= 0.6 is 27.7 Å². The molecule has 0 N–H and O–H groups in total. The minimum atomic E-state index is -4.74. The number of hydrogen-bond acceptors (Lipinski definition) is 9. The van der Waals surface area contributed by atoms with E-state index in [9.17, 15) is 26.4 Å². The van der Waals surface area contributed by atoms with Crippen LogP contribution in [0, 0.1) is 0 Å². The number of halogens is 4. The Labute approximate surface area is 221 Å². The molecule has 9 nitrogen and oxygen atoms in total. The lowest BCUT2D eigenvalue weighted by atomic mass is 10.1. The Bertz CT molecular complexity index is 1590. The van der Waals surface area contributed by atoms with Crippen LogP contribution in [0.2, 0.25) is 0 Å². The second kappa shape index (κ2) is 10.3. The van der Waals surface area contributed by atoms with Crippen molar-refractivity contribution in [3.8, 4) is 28.7 Å². The molecule has 4 aromatic rings. The molecule has 0 spiro atoms. The normalized spacial score (nSPS) is 12.1. The van der Waals surface area contributed by atoms with Crippen molar-refractivity contribution >= 4 is 43.5 Å². The van der Waals surface area contributed by atoms with Crippen LogP contribution in [0.4, 0.5) is 13.2 Å². The van der Waals surface area contributed by atoms with E-state index in [1.807, 2.05) is 0 Å². The summed E-state index contributed by atoms with van der Waals surface area (Å²) in [5.74, 6) is -1.20. The summed E-state index contributed by atoms with van der Waals surface area (Å²) >= 11 is 4.45. The topological polar surface area (TPSA) is 117 Å². The number of alkyl halides is 3. The molecule has 0 saturated carbocycles. The van der Waals surface area contributed by atoms with Crippen molar-refractivity contribution in [3.05, 3.63) is 64.3 Å². The fraction of sp³-hybridized carbons (Fsp3) is 0.182. The van der Waals surface area contributed by atoms with Crippen molar-refractivity contribution in [2.75, 3.05) is 18.5 Å². The molecule has 0 saturated heterocycles. The molecule has 0 aliphatic rings. The molecule has 0 bridgehead atoms. The van der Waals surface area contributed by atoms with E-state index in [4.69, 9.17) is 9.26 Å². The van der Waals surface area contributed by atoms with E-state index in [0.717, 1.165) is 17.0 Å². The monoisotopic (exact) mass is 616 g/mol. The highest BCUT2D eigenvalue weighted by Gasteiger charge is 2.36. The highest BCUT2D eigenvalue weighted by molar-refractivity contribution is 9.10. The molecule has 2 aromatic carbocycles. The van der Waals surface area contributed by atoms with Crippen LogP contribution in [0.25, 0.3) is 28.7 Å². The molecule has 4 rings (SSSR count). The molecule has 0 amide bonds. The van der Waals surface area contributed by atoms with Crippen molar-refractivity contribution in [2.24, 2.45) is 0 Å². The van der Waals surface area contributed by atoms with E-state index in [2.05, 4.69) is 31.2 Å². The molecule has 0 atom stereocenters. The third-order valence-corrected chi connectivity index (χ3v) is 7.13. The zero-order valence-corrected chi connectivity index (χ0v) is 22.2. The minimum Gasteiger partial charge on any atom is -0.450 e. The van der Waals surface area contributed by atoms with Gasteiger partial charge in [-0.25, -0.2) is 17.9 Å². The first-order valence-electron chi connectivity index (χ1n) is 10.2. The first kappa shape index (κ1) is 26.9. The van der Waals surface area contributed by atoms with Gasteiger partial charge in [0.2, 0.25) is 5.82 Å². The van der Waals surface area contributed by atoms with Crippen LogP contribution in [-0.2, 0) is 20.8 Å². The van der Waals surface area contributed by atoms with Crippen molar-refractivity contribution in [1.29, 1.82) is 0 Å². The molecule has 37 heavy (non-hydrogen) atoms. The van der Waals surface area contributed by atoms with E-state index >= 15 is 0 Å². The quantitative estimate of drug-likeness (QED) is 0.203. The van der Waals surface area contributed by atoms with Gasteiger partial charge in [0.15, 0.2) is 15.5 Å². The number of thioether (sulfide) groups is 1. The first-order valence-corrected chi connectivity index (χ1v) is 14.3. The molecule has 0 aliphatic heterocycles. The molecule has 2 aromatic heterocycles. The number of hydrogen-bond donors (Lipinski definition) is 0. The summed E-state index contributed by atoms with van der Waals surface area (Å²) in [6.45, 7) is 0. The highest BCUT2D eigenvalue weighted by Crippen LogP contribution is 2.39. The Balaban J connectivity index is 1.90. The summed E-state index contributed by atoms with van der Waals surface area (Å²) in [6, 6.07) is 10.4. The standard InChI is InChI=1S/C22H16BrF3N4O5S2/c1-36-11-34-21(31)17-16(23)18(30(28-17)15-9-4-3-8-14(15)22(24,25)26)20-27-19(29-35-20)12-6-5-7-13(10-12)37(2,32)33/h3-10H,11H2,1-2H3. The number of carbonyl (C=O) groups excluding carboxylic acids is 1. The third kappa shape index (κ3) is 5.57. The van der Waals surface area contributed by atoms with Crippen molar-refractivity contribution in [2.45, 2.75) is 11.1 Å². The maximum absolute atomic E-state index is 13.8. The van der Waals surface area contributed by atoms with Crippen LogP contribution in [-0.4, -0.2) is 52.8 Å². The van der Waals surface area contributed by atoms with Gasteiger partial charge in [0.05, 0.1) is 20.6 Å². The maximum Gasteiger partial charge on any atom is 0.418 e. The van der Waals surface area contributed by atoms with Crippen molar-refractivity contribution in [3.63, 3.8) is 0 Å². The molecule has 0 unspecified atom stereocenters. The summed E-state index contributed by atoms with van der Waals surface area (Å²) in [6.07, 6.45) is -2.00. The minimum absolute atomic E-state index is 0.00596. The van der Waals surface area contributed by atoms with Gasteiger partial charge < -0.3 is 9.26 Å². The van der Waals surface area contributed by atoms with Crippen LogP contribution in [0.3, 0.4) is 0 Å². The zero-order valence-electron chi connectivity index (χ0n) is 19.0. The lowest BCUT2D eigenvalue weighted by molar-refractivity contribution is -0.137. The highest BCUT2D eigenvalue weighted by atomic mass is 79.9. The predicted octanol–water partition coefficient (Wildman–Crippen LogP) is 5.25. The number of nitrogens with zero attached hydrogens (tertiary/aromatic N) is 4. The smallest absolute Gasteiger partial charge is 0.418 e. The molecule has 2 heterocycles. The second-order valence-electron chi connectivity index (χ2n) is 7.50. The lowest BCUT2D eigenvalue weighted by Gasteiger charge is -2.13. The fourth-order valence-electron chi connectivity index (χ4n) is 3.27. The number of rotatable bonds is 7. The number of aromatic nitrogens is 4. The molecule has 15 heteroatoms. The van der Waals surface area contributed by atoms with E-state index in [1.54, 1.807) is 12.3 Å². The largest absolute Gasteiger partial charge is 0.450 e. The molecule has 0 radical (unpaired) electrons. The third-order valence-electron chi connectivity index (χ3n) is 4.92. The Morgan fingerprint density at radius 3 is 2.59 bits per heavy atom. The molecular formula is C22H16BrF3N4O5S2. The van der Waals surface area contributed by atoms with Gasteiger partial charge in [0.1, 0.15) is 11.6 Å². The maximum atomic E-state index is 13.8. The lowest BCUT2D eigenvalue weighted by Crippen LogP contribution is -2.13. The SMILES string of the molecule is CSCOC(=O)c1nn(-c2ccccc2C(F)(F)F)c(-c2nc(-c3cccc(S(C)(=O)=O)c3)no2)c1Br. The van der Waals surface area contributed by atoms with Gasteiger partial charge in [-0.1, -0.05) is 29.4 Å². The Hall–Kier alpha value is -3.17. The van der Waals surface area contributed by atoms with Crippen LogP contribution in [0.5, 0.6) is 0 Å². The predicted molar refractivity (Wildman–Crippen MR) is 132 cm³/mol. The summed E-state index contributed by atoms with van der Waals surface area (Å²) in [5, 5.41) is 7.94. The van der Waals surface area contributed by atoms with Gasteiger partial charge in [-0.3, -0.25) is 0 Å². The van der Waals surface area contributed by atoms with Crippen molar-refractivity contribution in [1.82, 2.24) is 19.9 Å². The van der Waals surface area contributed by atoms with Crippen LogP contribution < -0.4 is 0 Å². The van der Waals surface area contributed by atoms with Gasteiger partial charge >= 0.3 is 12.1 Å². The van der Waals surface area contributed by atoms with Crippen LogP contribution in [0.15, 0.2) is 62.4 Å². The molecule has 0 aliphatic carbocycles. The number of carbonyl (C=O) groups is 1. The van der Waals surface area contributed by atoms with Gasteiger partial charge in [-0.15, -0.1) is 11.8 Å². The first-order chi connectivity index (χ1) is 17.4. The van der Waals surface area contributed by atoms with E-state index in [0.29, 0.717) is 0 Å². The zero-order chi connectivity index (χ0) is 27.0. The average molecular weight is 617 g/mol. The second-order valence-corrected chi connectivity index (χ2v) is 11.1. The number of ether oxygens (including phenoxy) is 1. The number of esters is 1. The van der Waals surface area contributed by atoms with Crippen molar-refractivity contribution < 1.29 is 35.6 Å². The Morgan fingerprint density at radius 1 is 1.19 bits per heavy atom. The van der Waals surface area contributed by atoms with Gasteiger partial charge in [0.25, 0.3) is 5.89 Å². The average Bonchev–Trinajstić information content (AvgIpc) is 3.46.